The van der Waals surface area contributed by atoms with Crippen molar-refractivity contribution in [1.82, 2.24) is 14.8 Å². The maximum Gasteiger partial charge on any atom is 0.341 e. The van der Waals surface area contributed by atoms with Gasteiger partial charge >= 0.3 is 12.0 Å². The van der Waals surface area contributed by atoms with Gasteiger partial charge in [-0.1, -0.05) is 48.0 Å². The Bertz CT molecular complexity index is 1000. The average molecular weight is 400 g/mol. The van der Waals surface area contributed by atoms with Crippen LogP contribution in [-0.2, 0) is 20.9 Å². The van der Waals surface area contributed by atoms with Crippen molar-refractivity contribution < 1.29 is 19.0 Å². The van der Waals surface area contributed by atoms with E-state index in [-0.39, 0.29) is 12.6 Å². The molecule has 1 aromatic heterocycles. The van der Waals surface area contributed by atoms with E-state index in [1.54, 1.807) is 12.1 Å². The number of nitrogens with zero attached hydrogens (tertiary/aromatic N) is 3. The summed E-state index contributed by atoms with van der Waals surface area (Å²) in [5, 5.41) is 4.84. The van der Waals surface area contributed by atoms with Gasteiger partial charge in [0.05, 0.1) is 31.2 Å². The molecule has 0 aliphatic carbocycles. The molecule has 0 fully saturated rings. The van der Waals surface area contributed by atoms with Crippen LogP contribution in [0.15, 0.2) is 61.1 Å². The molecule has 0 spiro atoms. The number of ether oxygens (including phenoxy) is 3. The third-order valence-electron chi connectivity index (χ3n) is 3.88. The number of aromatic nitrogens is 3. The van der Waals surface area contributed by atoms with E-state index in [4.69, 9.17) is 25.8 Å². The van der Waals surface area contributed by atoms with Crippen molar-refractivity contribution in [2.75, 3.05) is 14.2 Å². The Hall–Kier alpha value is -3.32. The van der Waals surface area contributed by atoms with Crippen LogP contribution in [0, 0.1) is 0 Å². The molecule has 0 aliphatic rings. The molecule has 0 N–H and O–H groups in total. The van der Waals surface area contributed by atoms with Crippen LogP contribution >= 0.6 is 11.6 Å². The Morgan fingerprint density at radius 1 is 1.14 bits per heavy atom. The molecule has 7 nitrogen and oxygen atoms in total. The van der Waals surface area contributed by atoms with Crippen molar-refractivity contribution in [1.29, 1.82) is 0 Å². The van der Waals surface area contributed by atoms with Gasteiger partial charge in [-0.05, 0) is 23.3 Å². The first-order valence-corrected chi connectivity index (χ1v) is 8.70. The second-order valence-electron chi connectivity index (χ2n) is 5.63. The van der Waals surface area contributed by atoms with Gasteiger partial charge in [0.15, 0.2) is 0 Å². The molecule has 1 heterocycles. The summed E-state index contributed by atoms with van der Waals surface area (Å²) < 4.78 is 17.1. The van der Waals surface area contributed by atoms with Gasteiger partial charge in [-0.2, -0.15) is 4.98 Å². The molecule has 0 atom stereocenters. The maximum absolute atomic E-state index is 12.1. The first-order chi connectivity index (χ1) is 13.6. The third-order valence-corrected chi connectivity index (χ3v) is 4.20. The van der Waals surface area contributed by atoms with E-state index in [1.165, 1.54) is 31.5 Å². The van der Waals surface area contributed by atoms with E-state index in [0.717, 1.165) is 5.56 Å². The molecular formula is C20H18ClN3O4. The van der Waals surface area contributed by atoms with E-state index in [1.807, 2.05) is 36.4 Å². The first kappa shape index (κ1) is 19.4. The minimum absolute atomic E-state index is 0.154. The molecule has 3 rings (SSSR count). The molecule has 28 heavy (non-hydrogen) atoms. The van der Waals surface area contributed by atoms with Gasteiger partial charge in [0.1, 0.15) is 18.5 Å². The molecular weight excluding hydrogens is 382 g/mol. The maximum atomic E-state index is 12.1. The second kappa shape index (κ2) is 9.05. The Balaban J connectivity index is 1.80. The van der Waals surface area contributed by atoms with Crippen LogP contribution in [0.3, 0.4) is 0 Å². The van der Waals surface area contributed by atoms with E-state index < -0.39 is 5.97 Å². The van der Waals surface area contributed by atoms with Gasteiger partial charge in [-0.15, -0.1) is 5.10 Å². The van der Waals surface area contributed by atoms with Crippen LogP contribution in [0.4, 0.5) is 0 Å². The van der Waals surface area contributed by atoms with Gasteiger partial charge in [-0.3, -0.25) is 0 Å². The molecule has 2 aromatic carbocycles. The Morgan fingerprint density at radius 2 is 1.89 bits per heavy atom. The number of rotatable bonds is 7. The topological polar surface area (TPSA) is 75.5 Å². The Kier molecular flexibility index (Phi) is 6.29. The number of hydrogen-bond acceptors (Lipinski definition) is 6. The smallest absolute Gasteiger partial charge is 0.341 e. The fraction of sp³-hybridized carbons (Fsp3) is 0.150. The lowest BCUT2D eigenvalue weighted by molar-refractivity contribution is -0.133. The number of methoxy groups -OCH3 is 2. The fourth-order valence-corrected chi connectivity index (χ4v) is 2.79. The zero-order chi connectivity index (χ0) is 19.9. The summed E-state index contributed by atoms with van der Waals surface area (Å²) in [6.07, 6.45) is 2.86. The summed E-state index contributed by atoms with van der Waals surface area (Å²) in [5.41, 5.74) is 2.38. The monoisotopic (exact) mass is 399 g/mol. The van der Waals surface area contributed by atoms with Crippen LogP contribution in [0.1, 0.15) is 11.1 Å². The van der Waals surface area contributed by atoms with E-state index >= 15 is 0 Å². The summed E-state index contributed by atoms with van der Waals surface area (Å²) in [6, 6.07) is 14.8. The molecule has 8 heteroatoms. The minimum atomic E-state index is -0.504. The van der Waals surface area contributed by atoms with Crippen molar-refractivity contribution in [3.05, 3.63) is 77.3 Å². The van der Waals surface area contributed by atoms with Crippen molar-refractivity contribution >= 4 is 23.1 Å². The van der Waals surface area contributed by atoms with E-state index in [9.17, 15) is 4.79 Å². The second-order valence-corrected chi connectivity index (χ2v) is 6.03. The van der Waals surface area contributed by atoms with Crippen molar-refractivity contribution in [3.8, 4) is 11.7 Å². The predicted octanol–water partition coefficient (Wildman–Crippen LogP) is 3.66. The van der Waals surface area contributed by atoms with Crippen LogP contribution in [-0.4, -0.2) is 35.0 Å². The Labute approximate surface area is 167 Å². The third kappa shape index (κ3) is 4.32. The van der Waals surface area contributed by atoms with E-state index in [0.29, 0.717) is 21.8 Å². The highest BCUT2D eigenvalue weighted by atomic mass is 35.5. The molecule has 0 saturated heterocycles. The van der Waals surface area contributed by atoms with Gasteiger partial charge in [-0.25, -0.2) is 9.48 Å². The highest BCUT2D eigenvalue weighted by molar-refractivity contribution is 6.32. The van der Waals surface area contributed by atoms with Crippen LogP contribution in [0.25, 0.3) is 11.3 Å². The molecule has 0 amide bonds. The standard InChI is InChI=1S/C20H18ClN3O4/c1-26-12-16(19(25)27-2)15-8-4-3-7-14(15)11-28-20-22-13-24(23-20)18-10-6-5-9-17(18)21/h3-10,12-13H,11H2,1-2H3. The number of hydrogen-bond donors (Lipinski definition) is 0. The van der Waals surface area contributed by atoms with Crippen LogP contribution in [0.2, 0.25) is 5.02 Å². The molecule has 3 aromatic rings. The first-order valence-electron chi connectivity index (χ1n) is 8.33. The van der Waals surface area contributed by atoms with Crippen LogP contribution in [0.5, 0.6) is 6.01 Å². The largest absolute Gasteiger partial charge is 0.503 e. The molecule has 0 saturated carbocycles. The molecule has 0 unspecified atom stereocenters. The summed E-state index contributed by atoms with van der Waals surface area (Å²) in [6.45, 7) is 0.154. The minimum Gasteiger partial charge on any atom is -0.503 e. The molecule has 144 valence electrons. The van der Waals surface area contributed by atoms with Crippen molar-refractivity contribution in [2.45, 2.75) is 6.61 Å². The Morgan fingerprint density at radius 3 is 2.64 bits per heavy atom. The van der Waals surface area contributed by atoms with Crippen LogP contribution < -0.4 is 4.74 Å². The van der Waals surface area contributed by atoms with Gasteiger partial charge in [0, 0.05) is 0 Å². The normalized spacial score (nSPS) is 11.2. The lowest BCUT2D eigenvalue weighted by Crippen LogP contribution is -2.08. The quantitative estimate of drug-likeness (QED) is 0.343. The van der Waals surface area contributed by atoms with E-state index in [2.05, 4.69) is 10.1 Å². The number of carbonyl (C=O) groups is 1. The average Bonchev–Trinajstić information content (AvgIpc) is 3.19. The predicted molar refractivity (Wildman–Crippen MR) is 104 cm³/mol. The summed E-state index contributed by atoms with van der Waals surface area (Å²) in [5.74, 6) is -0.504. The van der Waals surface area contributed by atoms with Gasteiger partial charge < -0.3 is 14.2 Å². The SMILES string of the molecule is COC=C(C(=O)OC)c1ccccc1COc1ncn(-c2ccccc2Cl)n1. The number of esters is 1. The summed E-state index contributed by atoms with van der Waals surface area (Å²) in [4.78, 5) is 16.2. The van der Waals surface area contributed by atoms with Crippen molar-refractivity contribution in [3.63, 3.8) is 0 Å². The highest BCUT2D eigenvalue weighted by Gasteiger charge is 2.17. The lowest BCUT2D eigenvalue weighted by atomic mass is 10.0. The molecule has 0 radical (unpaired) electrons. The zero-order valence-electron chi connectivity index (χ0n) is 15.3. The van der Waals surface area contributed by atoms with Gasteiger partial charge in [0.2, 0.25) is 0 Å². The summed E-state index contributed by atoms with van der Waals surface area (Å²) >= 11 is 6.18. The summed E-state index contributed by atoms with van der Waals surface area (Å²) in [7, 11) is 2.78. The zero-order valence-corrected chi connectivity index (χ0v) is 16.1. The van der Waals surface area contributed by atoms with Gasteiger partial charge in [0.25, 0.3) is 0 Å². The number of para-hydroxylation sites is 1. The highest BCUT2D eigenvalue weighted by Crippen LogP contribution is 2.23. The fourth-order valence-electron chi connectivity index (χ4n) is 2.57. The number of carbonyl (C=O) groups excluding carboxylic acids is 1. The molecule has 0 aliphatic heterocycles. The number of benzene rings is 2. The number of halogens is 1. The lowest BCUT2D eigenvalue weighted by Gasteiger charge is -2.11. The van der Waals surface area contributed by atoms with Crippen molar-refractivity contribution in [2.24, 2.45) is 0 Å². The molecule has 0 bridgehead atoms.